The molecule has 2 aliphatic heterocycles. The predicted octanol–water partition coefficient (Wildman–Crippen LogP) is 2.01. The summed E-state index contributed by atoms with van der Waals surface area (Å²) in [7, 11) is 0. The van der Waals surface area contributed by atoms with Gasteiger partial charge in [0.05, 0.1) is 18.9 Å². The molecular weight excluding hydrogens is 347 g/mol. The van der Waals surface area contributed by atoms with Crippen LogP contribution < -0.4 is 15.1 Å². The van der Waals surface area contributed by atoms with Gasteiger partial charge >= 0.3 is 0 Å². The van der Waals surface area contributed by atoms with Gasteiger partial charge in [0, 0.05) is 38.4 Å². The van der Waals surface area contributed by atoms with E-state index in [4.69, 9.17) is 4.74 Å². The first-order valence-corrected chi connectivity index (χ1v) is 9.10. The lowest BCUT2D eigenvalue weighted by Crippen LogP contribution is -2.37. The molecule has 8 heteroatoms. The second-order valence-corrected chi connectivity index (χ2v) is 6.66. The van der Waals surface area contributed by atoms with Gasteiger partial charge < -0.3 is 19.9 Å². The molecule has 1 aromatic heterocycles. The third-order valence-corrected chi connectivity index (χ3v) is 4.94. The maximum absolute atomic E-state index is 13.9. The van der Waals surface area contributed by atoms with Gasteiger partial charge in [0.25, 0.3) is 0 Å². The molecule has 2 saturated heterocycles. The van der Waals surface area contributed by atoms with Crippen LogP contribution in [-0.4, -0.2) is 55.4 Å². The molecule has 0 aliphatic carbocycles. The number of nitrogens with zero attached hydrogens (tertiary/aromatic N) is 5. The summed E-state index contributed by atoms with van der Waals surface area (Å²) in [5.41, 5.74) is 0.744. The third kappa shape index (κ3) is 3.78. The summed E-state index contributed by atoms with van der Waals surface area (Å²) >= 11 is 0. The maximum Gasteiger partial charge on any atom is 0.224 e. The number of aromatic nitrogens is 2. The SMILES string of the molecule is N#Cc1c(F)cccc1N1CCC(Nc2nccc(N3CCOCC3)n2)C1. The van der Waals surface area contributed by atoms with Gasteiger partial charge in [-0.1, -0.05) is 6.07 Å². The second kappa shape index (κ2) is 7.76. The minimum absolute atomic E-state index is 0.101. The fourth-order valence-corrected chi connectivity index (χ4v) is 3.55. The number of anilines is 3. The Bertz CT molecular complexity index is 848. The summed E-state index contributed by atoms with van der Waals surface area (Å²) in [6.07, 6.45) is 2.62. The van der Waals surface area contributed by atoms with Crippen LogP contribution in [0.2, 0.25) is 0 Å². The molecular formula is C19H21FN6O. The Morgan fingerprint density at radius 2 is 2.04 bits per heavy atom. The minimum atomic E-state index is -0.479. The minimum Gasteiger partial charge on any atom is -0.378 e. The lowest BCUT2D eigenvalue weighted by molar-refractivity contribution is 0.122. The molecule has 1 N–H and O–H groups in total. The molecule has 0 radical (unpaired) electrons. The molecule has 0 spiro atoms. The van der Waals surface area contributed by atoms with Gasteiger partial charge in [-0.15, -0.1) is 0 Å². The first kappa shape index (κ1) is 17.5. The molecule has 4 rings (SSSR count). The van der Waals surface area contributed by atoms with Crippen molar-refractivity contribution in [3.63, 3.8) is 0 Å². The number of morpholine rings is 1. The summed E-state index contributed by atoms with van der Waals surface area (Å²) < 4.78 is 19.3. The molecule has 2 aromatic rings. The predicted molar refractivity (Wildman–Crippen MR) is 100 cm³/mol. The number of halogens is 1. The van der Waals surface area contributed by atoms with Crippen LogP contribution in [0.4, 0.5) is 21.8 Å². The lowest BCUT2D eigenvalue weighted by atomic mass is 10.1. The van der Waals surface area contributed by atoms with Crippen LogP contribution in [0.5, 0.6) is 0 Å². The molecule has 3 heterocycles. The second-order valence-electron chi connectivity index (χ2n) is 6.66. The Hall–Kier alpha value is -2.92. The monoisotopic (exact) mass is 368 g/mol. The number of benzene rings is 1. The number of nitriles is 1. The zero-order valence-corrected chi connectivity index (χ0v) is 14.9. The highest BCUT2D eigenvalue weighted by Gasteiger charge is 2.26. The zero-order chi connectivity index (χ0) is 18.6. The highest BCUT2D eigenvalue weighted by atomic mass is 19.1. The van der Waals surface area contributed by atoms with Crippen molar-refractivity contribution in [2.75, 3.05) is 54.5 Å². The Morgan fingerprint density at radius 3 is 2.85 bits per heavy atom. The highest BCUT2D eigenvalue weighted by Crippen LogP contribution is 2.27. The standard InChI is InChI=1S/C19H21FN6O/c20-16-2-1-3-17(15(16)12-21)26-7-5-14(13-26)23-19-22-6-4-18(24-19)25-8-10-27-11-9-25/h1-4,6,14H,5,7-11,13H2,(H,22,23,24). The number of rotatable bonds is 4. The molecule has 27 heavy (non-hydrogen) atoms. The fraction of sp³-hybridized carbons (Fsp3) is 0.421. The normalized spacial score (nSPS) is 19.8. The average molecular weight is 368 g/mol. The Labute approximate surface area is 157 Å². The van der Waals surface area contributed by atoms with E-state index in [1.54, 1.807) is 18.3 Å². The highest BCUT2D eigenvalue weighted by molar-refractivity contribution is 5.61. The van der Waals surface area contributed by atoms with Crippen molar-refractivity contribution < 1.29 is 9.13 Å². The van der Waals surface area contributed by atoms with Gasteiger partial charge in [-0.3, -0.25) is 0 Å². The summed E-state index contributed by atoms with van der Waals surface area (Å²) in [4.78, 5) is 13.2. The van der Waals surface area contributed by atoms with Crippen molar-refractivity contribution in [1.82, 2.24) is 9.97 Å². The molecule has 2 fully saturated rings. The van der Waals surface area contributed by atoms with Crippen LogP contribution in [0.3, 0.4) is 0 Å². The van der Waals surface area contributed by atoms with Crippen LogP contribution in [0.25, 0.3) is 0 Å². The van der Waals surface area contributed by atoms with Gasteiger partial charge in [0.15, 0.2) is 0 Å². The van der Waals surface area contributed by atoms with E-state index in [0.29, 0.717) is 31.4 Å². The fourth-order valence-electron chi connectivity index (χ4n) is 3.55. The zero-order valence-electron chi connectivity index (χ0n) is 14.9. The third-order valence-electron chi connectivity index (χ3n) is 4.94. The average Bonchev–Trinajstić information content (AvgIpc) is 3.17. The van der Waals surface area contributed by atoms with E-state index in [0.717, 1.165) is 31.9 Å². The van der Waals surface area contributed by atoms with E-state index in [1.165, 1.54) is 6.07 Å². The van der Waals surface area contributed by atoms with Crippen LogP contribution >= 0.6 is 0 Å². The van der Waals surface area contributed by atoms with Crippen molar-refractivity contribution in [1.29, 1.82) is 5.26 Å². The summed E-state index contributed by atoms with van der Waals surface area (Å²) in [5.74, 6) is 1.00. The van der Waals surface area contributed by atoms with Crippen LogP contribution in [0.1, 0.15) is 12.0 Å². The molecule has 1 atom stereocenters. The summed E-state index contributed by atoms with van der Waals surface area (Å²) in [5, 5.41) is 12.6. The van der Waals surface area contributed by atoms with E-state index in [-0.39, 0.29) is 11.6 Å². The van der Waals surface area contributed by atoms with Gasteiger partial charge in [-0.2, -0.15) is 10.2 Å². The molecule has 1 aromatic carbocycles. The number of hydrogen-bond acceptors (Lipinski definition) is 7. The lowest BCUT2D eigenvalue weighted by Gasteiger charge is -2.28. The van der Waals surface area contributed by atoms with Crippen molar-refractivity contribution in [2.45, 2.75) is 12.5 Å². The van der Waals surface area contributed by atoms with Crippen molar-refractivity contribution in [3.8, 4) is 6.07 Å². The Morgan fingerprint density at radius 1 is 1.19 bits per heavy atom. The molecule has 0 amide bonds. The van der Waals surface area contributed by atoms with E-state index in [2.05, 4.69) is 20.2 Å². The summed E-state index contributed by atoms with van der Waals surface area (Å²) in [6, 6.07) is 8.77. The van der Waals surface area contributed by atoms with Crippen molar-refractivity contribution in [3.05, 3.63) is 41.8 Å². The first-order valence-electron chi connectivity index (χ1n) is 9.10. The number of ether oxygens (including phenoxy) is 1. The quantitative estimate of drug-likeness (QED) is 0.885. The van der Waals surface area contributed by atoms with E-state index in [1.807, 2.05) is 17.0 Å². The first-order chi connectivity index (χ1) is 13.2. The maximum atomic E-state index is 13.9. The van der Waals surface area contributed by atoms with Gasteiger partial charge in [0.2, 0.25) is 5.95 Å². The van der Waals surface area contributed by atoms with Crippen LogP contribution in [0, 0.1) is 17.1 Å². The van der Waals surface area contributed by atoms with E-state index in [9.17, 15) is 9.65 Å². The topological polar surface area (TPSA) is 77.3 Å². The number of nitrogens with one attached hydrogen (secondary N) is 1. The molecule has 0 bridgehead atoms. The summed E-state index contributed by atoms with van der Waals surface area (Å²) in [6.45, 7) is 4.48. The van der Waals surface area contributed by atoms with Gasteiger partial charge in [-0.05, 0) is 24.6 Å². The molecule has 2 aliphatic rings. The Balaban J connectivity index is 1.43. The molecule has 7 nitrogen and oxygen atoms in total. The smallest absolute Gasteiger partial charge is 0.224 e. The van der Waals surface area contributed by atoms with Crippen LogP contribution in [-0.2, 0) is 4.74 Å². The molecule has 140 valence electrons. The van der Waals surface area contributed by atoms with Crippen molar-refractivity contribution in [2.24, 2.45) is 0 Å². The van der Waals surface area contributed by atoms with Crippen LogP contribution in [0.15, 0.2) is 30.5 Å². The van der Waals surface area contributed by atoms with Gasteiger partial charge in [0.1, 0.15) is 23.3 Å². The van der Waals surface area contributed by atoms with Gasteiger partial charge in [-0.25, -0.2) is 9.37 Å². The Kier molecular flexibility index (Phi) is 5.03. The molecule has 1 unspecified atom stereocenters. The number of hydrogen-bond donors (Lipinski definition) is 1. The van der Waals surface area contributed by atoms with E-state index < -0.39 is 5.82 Å². The molecule has 0 saturated carbocycles. The largest absolute Gasteiger partial charge is 0.378 e. The van der Waals surface area contributed by atoms with Crippen molar-refractivity contribution >= 4 is 17.5 Å². The van der Waals surface area contributed by atoms with E-state index >= 15 is 0 Å².